The van der Waals surface area contributed by atoms with Crippen molar-refractivity contribution >= 4 is 27.5 Å². The molecule has 1 amide bonds. The molecular weight excluding hydrogens is 320 g/mol. The number of nitrogens with one attached hydrogen (secondary N) is 1. The fourth-order valence-electron chi connectivity index (χ4n) is 2.61. The van der Waals surface area contributed by atoms with Crippen LogP contribution in [0.15, 0.2) is 30.3 Å². The van der Waals surface area contributed by atoms with Crippen LogP contribution in [0.5, 0.6) is 0 Å². The van der Waals surface area contributed by atoms with Gasteiger partial charge in [-0.05, 0) is 31.5 Å². The largest absolute Gasteiger partial charge is 0.358 e. The van der Waals surface area contributed by atoms with Crippen LogP contribution in [0, 0.1) is 6.92 Å². The van der Waals surface area contributed by atoms with Crippen molar-refractivity contribution in [3.63, 3.8) is 0 Å². The van der Waals surface area contributed by atoms with Gasteiger partial charge in [0.05, 0.1) is 22.8 Å². The summed E-state index contributed by atoms with van der Waals surface area (Å²) in [7, 11) is 0. The van der Waals surface area contributed by atoms with Crippen molar-refractivity contribution in [3.8, 4) is 5.69 Å². The average molecular weight is 343 g/mol. The minimum absolute atomic E-state index is 0.0119. The molecule has 24 heavy (non-hydrogen) atoms. The molecule has 6 heteroatoms. The van der Waals surface area contributed by atoms with E-state index < -0.39 is 0 Å². The zero-order valence-corrected chi connectivity index (χ0v) is 14.9. The maximum absolute atomic E-state index is 12.3. The minimum Gasteiger partial charge on any atom is -0.358 e. The molecule has 3 aromatic rings. The zero-order chi connectivity index (χ0) is 17.1. The SMILES string of the molecule is CCc1nn(-c2ccc(C)cc2)c2sc(C(=O)NCCC[NH3+])cc12. The van der Waals surface area contributed by atoms with Crippen molar-refractivity contribution in [2.24, 2.45) is 0 Å². The third-order valence-electron chi connectivity index (χ3n) is 3.99. The van der Waals surface area contributed by atoms with Gasteiger partial charge in [-0.15, -0.1) is 11.3 Å². The standard InChI is InChI=1S/C18H22N4OS/c1-3-15-14-11-16(17(23)20-10-4-9-19)24-18(14)22(21-15)13-7-5-12(2)6-8-13/h5-8,11H,3-4,9-10,19H2,1-2H3,(H,20,23)/p+1. The molecule has 2 aromatic heterocycles. The molecule has 0 bridgehead atoms. The van der Waals surface area contributed by atoms with Crippen LogP contribution in [0.3, 0.4) is 0 Å². The molecule has 0 aliphatic heterocycles. The Kier molecular flexibility index (Phi) is 4.97. The molecule has 0 aliphatic carbocycles. The van der Waals surface area contributed by atoms with Gasteiger partial charge in [0.25, 0.3) is 5.91 Å². The Morgan fingerprint density at radius 2 is 2.08 bits per heavy atom. The first kappa shape index (κ1) is 16.7. The second-order valence-electron chi connectivity index (χ2n) is 5.84. The lowest BCUT2D eigenvalue weighted by Gasteiger charge is -2.03. The van der Waals surface area contributed by atoms with Gasteiger partial charge in [0, 0.05) is 18.4 Å². The molecule has 1 aromatic carbocycles. The molecule has 0 atom stereocenters. The van der Waals surface area contributed by atoms with Gasteiger partial charge in [-0.25, -0.2) is 4.68 Å². The molecule has 3 rings (SSSR count). The summed E-state index contributed by atoms with van der Waals surface area (Å²) in [6, 6.07) is 10.3. The molecule has 126 valence electrons. The highest BCUT2D eigenvalue weighted by Gasteiger charge is 2.18. The molecular formula is C18H23N4OS+. The zero-order valence-electron chi connectivity index (χ0n) is 14.1. The Morgan fingerprint density at radius 3 is 2.75 bits per heavy atom. The number of carbonyl (C=O) groups is 1. The Hall–Kier alpha value is -2.18. The predicted octanol–water partition coefficient (Wildman–Crippen LogP) is 2.32. The summed E-state index contributed by atoms with van der Waals surface area (Å²) in [6.45, 7) is 5.66. The highest BCUT2D eigenvalue weighted by Crippen LogP contribution is 2.31. The first-order valence-corrected chi connectivity index (χ1v) is 9.11. The number of carbonyl (C=O) groups excluding carboxylic acids is 1. The van der Waals surface area contributed by atoms with Gasteiger partial charge in [-0.2, -0.15) is 5.10 Å². The Labute approximate surface area is 145 Å². The van der Waals surface area contributed by atoms with E-state index in [0.717, 1.165) is 45.9 Å². The topological polar surface area (TPSA) is 74.6 Å². The summed E-state index contributed by atoms with van der Waals surface area (Å²) in [4.78, 5) is 14.1. The second-order valence-corrected chi connectivity index (χ2v) is 6.87. The Morgan fingerprint density at radius 1 is 1.33 bits per heavy atom. The number of amides is 1. The van der Waals surface area contributed by atoms with Crippen molar-refractivity contribution in [1.29, 1.82) is 0 Å². The van der Waals surface area contributed by atoms with E-state index in [1.54, 1.807) is 0 Å². The van der Waals surface area contributed by atoms with Gasteiger partial charge in [0.2, 0.25) is 0 Å². The third kappa shape index (κ3) is 3.20. The number of benzene rings is 1. The molecule has 0 saturated carbocycles. The van der Waals surface area contributed by atoms with Crippen LogP contribution >= 0.6 is 11.3 Å². The lowest BCUT2D eigenvalue weighted by atomic mass is 10.2. The van der Waals surface area contributed by atoms with Gasteiger partial charge in [-0.3, -0.25) is 4.79 Å². The second kappa shape index (κ2) is 7.15. The van der Waals surface area contributed by atoms with E-state index in [2.05, 4.69) is 49.2 Å². The van der Waals surface area contributed by atoms with Crippen LogP contribution in [0.1, 0.15) is 34.3 Å². The number of hydrogen-bond donors (Lipinski definition) is 2. The Balaban J connectivity index is 1.99. The molecule has 0 aliphatic rings. The quantitative estimate of drug-likeness (QED) is 0.674. The summed E-state index contributed by atoms with van der Waals surface area (Å²) >= 11 is 1.50. The van der Waals surface area contributed by atoms with Crippen LogP contribution in [-0.4, -0.2) is 28.8 Å². The molecule has 2 heterocycles. The first-order valence-electron chi connectivity index (χ1n) is 8.30. The number of thiophene rings is 1. The molecule has 0 radical (unpaired) electrons. The highest BCUT2D eigenvalue weighted by atomic mass is 32.1. The highest BCUT2D eigenvalue weighted by molar-refractivity contribution is 7.20. The van der Waals surface area contributed by atoms with Crippen molar-refractivity contribution in [1.82, 2.24) is 15.1 Å². The number of quaternary nitrogens is 1. The fourth-order valence-corrected chi connectivity index (χ4v) is 3.68. The number of rotatable bonds is 6. The van der Waals surface area contributed by atoms with Gasteiger partial charge in [0.15, 0.2) is 0 Å². The first-order chi connectivity index (χ1) is 11.6. The molecule has 5 nitrogen and oxygen atoms in total. The summed E-state index contributed by atoms with van der Waals surface area (Å²) < 4.78 is 1.95. The van der Waals surface area contributed by atoms with E-state index in [9.17, 15) is 4.79 Å². The molecule has 0 fully saturated rings. The number of aromatic nitrogens is 2. The van der Waals surface area contributed by atoms with E-state index in [4.69, 9.17) is 5.10 Å². The fraction of sp³-hybridized carbons (Fsp3) is 0.333. The number of aryl methyl sites for hydroxylation is 2. The van der Waals surface area contributed by atoms with Gasteiger partial charge in [0.1, 0.15) is 4.83 Å². The average Bonchev–Trinajstić information content (AvgIpc) is 3.15. The normalized spacial score (nSPS) is 11.1. The molecule has 0 unspecified atom stereocenters. The van der Waals surface area contributed by atoms with Crippen LogP contribution in [0.4, 0.5) is 0 Å². The summed E-state index contributed by atoms with van der Waals surface area (Å²) in [5.41, 5.74) is 7.06. The summed E-state index contributed by atoms with van der Waals surface area (Å²) in [6.07, 6.45) is 1.74. The van der Waals surface area contributed by atoms with Crippen LogP contribution in [0.25, 0.3) is 15.9 Å². The van der Waals surface area contributed by atoms with E-state index in [1.165, 1.54) is 16.9 Å². The van der Waals surface area contributed by atoms with Gasteiger partial charge >= 0.3 is 0 Å². The van der Waals surface area contributed by atoms with Gasteiger partial charge in [-0.1, -0.05) is 24.6 Å². The van der Waals surface area contributed by atoms with Crippen molar-refractivity contribution in [3.05, 3.63) is 46.5 Å². The van der Waals surface area contributed by atoms with Gasteiger partial charge < -0.3 is 11.1 Å². The van der Waals surface area contributed by atoms with Crippen LogP contribution < -0.4 is 11.1 Å². The monoisotopic (exact) mass is 343 g/mol. The molecule has 0 saturated heterocycles. The van der Waals surface area contributed by atoms with Crippen LogP contribution in [0.2, 0.25) is 0 Å². The lowest BCUT2D eigenvalue weighted by Crippen LogP contribution is -2.51. The molecule has 4 N–H and O–H groups in total. The van der Waals surface area contributed by atoms with Crippen molar-refractivity contribution in [2.45, 2.75) is 26.7 Å². The van der Waals surface area contributed by atoms with E-state index in [1.807, 2.05) is 10.7 Å². The van der Waals surface area contributed by atoms with E-state index in [0.29, 0.717) is 6.54 Å². The smallest absolute Gasteiger partial charge is 0.261 e. The van der Waals surface area contributed by atoms with E-state index >= 15 is 0 Å². The number of nitrogens with zero attached hydrogens (tertiary/aromatic N) is 2. The van der Waals surface area contributed by atoms with Crippen molar-refractivity contribution in [2.75, 3.05) is 13.1 Å². The number of hydrogen-bond acceptors (Lipinski definition) is 3. The minimum atomic E-state index is -0.0119. The lowest BCUT2D eigenvalue weighted by molar-refractivity contribution is -0.367. The van der Waals surface area contributed by atoms with Crippen LogP contribution in [-0.2, 0) is 6.42 Å². The third-order valence-corrected chi connectivity index (χ3v) is 5.10. The van der Waals surface area contributed by atoms with E-state index in [-0.39, 0.29) is 5.91 Å². The maximum atomic E-state index is 12.3. The summed E-state index contributed by atoms with van der Waals surface area (Å²) in [5, 5.41) is 8.76. The number of fused-ring (bicyclic) bond motifs is 1. The summed E-state index contributed by atoms with van der Waals surface area (Å²) in [5.74, 6) is -0.0119. The Bertz CT molecular complexity index is 848. The van der Waals surface area contributed by atoms with Crippen molar-refractivity contribution < 1.29 is 10.5 Å². The molecule has 0 spiro atoms. The maximum Gasteiger partial charge on any atom is 0.261 e. The predicted molar refractivity (Wildman–Crippen MR) is 97.8 cm³/mol.